The van der Waals surface area contributed by atoms with Crippen LogP contribution in [0.1, 0.15) is 5.56 Å². The molecule has 3 heterocycles. The highest BCUT2D eigenvalue weighted by Crippen LogP contribution is 2.35. The number of ether oxygens (including phenoxy) is 2. The van der Waals surface area contributed by atoms with Gasteiger partial charge in [-0.3, -0.25) is 10.1 Å². The fraction of sp³-hybridized carbons (Fsp3) is 0.143. The zero-order valence-corrected chi connectivity index (χ0v) is 15.8. The van der Waals surface area contributed by atoms with Gasteiger partial charge in [0.25, 0.3) is 0 Å². The predicted octanol–water partition coefficient (Wildman–Crippen LogP) is 2.20. The number of rotatable bonds is 4. The van der Waals surface area contributed by atoms with Crippen molar-refractivity contribution in [1.29, 1.82) is 0 Å². The first kappa shape index (κ1) is 17.9. The van der Waals surface area contributed by atoms with Crippen LogP contribution in [0, 0.1) is 0 Å². The van der Waals surface area contributed by atoms with E-state index in [2.05, 4.69) is 10.4 Å². The SMILES string of the molecule is O=C1CN(/N=C\c2cn(-c3ccccc3)nc2-c2ccc3c(c2)OCCO3)C(=O)N1. The first-order chi connectivity index (χ1) is 14.7. The molecule has 5 rings (SSSR count). The molecule has 9 nitrogen and oxygen atoms in total. The number of aromatic nitrogens is 2. The van der Waals surface area contributed by atoms with Gasteiger partial charge in [-0.15, -0.1) is 0 Å². The number of urea groups is 1. The first-order valence-electron chi connectivity index (χ1n) is 9.38. The van der Waals surface area contributed by atoms with Gasteiger partial charge in [0.05, 0.1) is 11.9 Å². The molecule has 3 amide bonds. The number of benzene rings is 2. The van der Waals surface area contributed by atoms with Crippen LogP contribution in [-0.4, -0.2) is 52.7 Å². The number of amides is 3. The topological polar surface area (TPSA) is 98.1 Å². The lowest BCUT2D eigenvalue weighted by Crippen LogP contribution is -2.24. The summed E-state index contributed by atoms with van der Waals surface area (Å²) in [4.78, 5) is 23.2. The van der Waals surface area contributed by atoms with Gasteiger partial charge >= 0.3 is 6.03 Å². The average Bonchev–Trinajstić information content (AvgIpc) is 3.35. The highest BCUT2D eigenvalue weighted by molar-refractivity contribution is 6.02. The molecule has 3 aromatic rings. The standard InChI is InChI=1S/C21H17N5O4/c27-19-13-26(21(28)23-19)22-11-15-12-25(16-4-2-1-3-5-16)24-20(15)14-6-7-17-18(10-14)30-9-8-29-17/h1-7,10-12H,8-9,13H2,(H,23,27,28)/b22-11-. The molecule has 1 saturated heterocycles. The van der Waals surface area contributed by atoms with Crippen molar-refractivity contribution >= 4 is 18.2 Å². The highest BCUT2D eigenvalue weighted by Gasteiger charge is 2.26. The minimum Gasteiger partial charge on any atom is -0.486 e. The summed E-state index contributed by atoms with van der Waals surface area (Å²) >= 11 is 0. The average molecular weight is 403 g/mol. The van der Waals surface area contributed by atoms with E-state index in [1.54, 1.807) is 4.68 Å². The van der Waals surface area contributed by atoms with Crippen LogP contribution in [0.5, 0.6) is 11.5 Å². The van der Waals surface area contributed by atoms with Gasteiger partial charge in [0.1, 0.15) is 25.5 Å². The van der Waals surface area contributed by atoms with Crippen LogP contribution < -0.4 is 14.8 Å². The molecule has 0 aliphatic carbocycles. The van der Waals surface area contributed by atoms with Gasteiger partial charge in [-0.25, -0.2) is 14.5 Å². The lowest BCUT2D eigenvalue weighted by molar-refractivity contribution is -0.118. The molecular formula is C21H17N5O4. The molecule has 0 radical (unpaired) electrons. The second-order valence-corrected chi connectivity index (χ2v) is 6.73. The van der Waals surface area contributed by atoms with E-state index in [0.717, 1.165) is 16.3 Å². The number of carbonyl (C=O) groups is 2. The molecule has 0 saturated carbocycles. The Balaban J connectivity index is 1.56. The molecule has 0 spiro atoms. The molecule has 0 unspecified atom stereocenters. The fourth-order valence-corrected chi connectivity index (χ4v) is 3.27. The van der Waals surface area contributed by atoms with Gasteiger partial charge < -0.3 is 9.47 Å². The smallest absolute Gasteiger partial charge is 0.344 e. The lowest BCUT2D eigenvalue weighted by Gasteiger charge is -2.18. The molecule has 150 valence electrons. The maximum absolute atomic E-state index is 11.8. The predicted molar refractivity (Wildman–Crippen MR) is 108 cm³/mol. The van der Waals surface area contributed by atoms with E-state index in [0.29, 0.717) is 36.0 Å². The van der Waals surface area contributed by atoms with Gasteiger partial charge in [0, 0.05) is 17.3 Å². The largest absolute Gasteiger partial charge is 0.486 e. The monoisotopic (exact) mass is 403 g/mol. The van der Waals surface area contributed by atoms with Crippen LogP contribution in [0.2, 0.25) is 0 Å². The number of nitrogens with one attached hydrogen (secondary N) is 1. The van der Waals surface area contributed by atoms with E-state index in [1.165, 1.54) is 6.21 Å². The van der Waals surface area contributed by atoms with E-state index in [9.17, 15) is 9.59 Å². The quantitative estimate of drug-likeness (QED) is 0.532. The molecule has 2 aliphatic heterocycles. The Morgan fingerprint density at radius 2 is 1.83 bits per heavy atom. The summed E-state index contributed by atoms with van der Waals surface area (Å²) in [7, 11) is 0. The Morgan fingerprint density at radius 1 is 1.03 bits per heavy atom. The summed E-state index contributed by atoms with van der Waals surface area (Å²) < 4.78 is 13.0. The van der Waals surface area contributed by atoms with Crippen molar-refractivity contribution in [3.63, 3.8) is 0 Å². The van der Waals surface area contributed by atoms with Crippen molar-refractivity contribution in [1.82, 2.24) is 20.1 Å². The number of carbonyl (C=O) groups excluding carboxylic acids is 2. The molecule has 0 bridgehead atoms. The lowest BCUT2D eigenvalue weighted by atomic mass is 10.1. The number of para-hydroxylation sites is 1. The Bertz CT molecular complexity index is 1160. The summed E-state index contributed by atoms with van der Waals surface area (Å²) in [6, 6.07) is 14.7. The van der Waals surface area contributed by atoms with E-state index in [1.807, 2.05) is 54.7 Å². The third-order valence-corrected chi connectivity index (χ3v) is 4.69. The Morgan fingerprint density at radius 3 is 2.60 bits per heavy atom. The summed E-state index contributed by atoms with van der Waals surface area (Å²) in [6.07, 6.45) is 3.34. The van der Waals surface area contributed by atoms with Gasteiger partial charge in [-0.1, -0.05) is 18.2 Å². The minimum absolute atomic E-state index is 0.110. The van der Waals surface area contributed by atoms with Crippen molar-refractivity contribution in [2.24, 2.45) is 5.10 Å². The summed E-state index contributed by atoms with van der Waals surface area (Å²) in [5.41, 5.74) is 3.04. The van der Waals surface area contributed by atoms with E-state index < -0.39 is 6.03 Å². The van der Waals surface area contributed by atoms with Crippen molar-refractivity contribution in [2.75, 3.05) is 19.8 Å². The third kappa shape index (κ3) is 3.37. The maximum Gasteiger partial charge on any atom is 0.344 e. The van der Waals surface area contributed by atoms with E-state index in [4.69, 9.17) is 14.6 Å². The Labute approximate surface area is 171 Å². The first-order valence-corrected chi connectivity index (χ1v) is 9.38. The van der Waals surface area contributed by atoms with E-state index >= 15 is 0 Å². The molecule has 1 N–H and O–H groups in total. The number of imide groups is 1. The normalized spacial score (nSPS) is 15.7. The molecule has 9 heteroatoms. The second-order valence-electron chi connectivity index (χ2n) is 6.73. The third-order valence-electron chi connectivity index (χ3n) is 4.69. The Hall–Kier alpha value is -4.14. The molecule has 30 heavy (non-hydrogen) atoms. The van der Waals surface area contributed by atoms with Crippen molar-refractivity contribution in [3.05, 3.63) is 60.3 Å². The molecule has 1 fully saturated rings. The van der Waals surface area contributed by atoms with Gasteiger partial charge in [-0.2, -0.15) is 10.2 Å². The Kier molecular flexibility index (Phi) is 4.40. The van der Waals surface area contributed by atoms with Crippen LogP contribution in [0.15, 0.2) is 59.8 Å². The summed E-state index contributed by atoms with van der Waals surface area (Å²) in [5.74, 6) is 0.958. The van der Waals surface area contributed by atoms with Crippen LogP contribution in [0.4, 0.5) is 4.79 Å². The number of hydrazone groups is 1. The number of nitrogens with zero attached hydrogens (tertiary/aromatic N) is 4. The van der Waals surface area contributed by atoms with Crippen molar-refractivity contribution in [2.45, 2.75) is 0 Å². The van der Waals surface area contributed by atoms with Crippen LogP contribution in [-0.2, 0) is 4.79 Å². The van der Waals surface area contributed by atoms with Crippen molar-refractivity contribution < 1.29 is 19.1 Å². The molecule has 2 aliphatic rings. The van der Waals surface area contributed by atoms with Crippen molar-refractivity contribution in [3.8, 4) is 28.4 Å². The van der Waals surface area contributed by atoms with Crippen LogP contribution >= 0.6 is 0 Å². The zero-order valence-electron chi connectivity index (χ0n) is 15.8. The van der Waals surface area contributed by atoms with Gasteiger partial charge in [-0.05, 0) is 30.3 Å². The fourth-order valence-electron chi connectivity index (χ4n) is 3.27. The zero-order chi connectivity index (χ0) is 20.5. The number of fused-ring (bicyclic) bond motifs is 1. The summed E-state index contributed by atoms with van der Waals surface area (Å²) in [5, 5.41) is 12.2. The molecular weight excluding hydrogens is 386 g/mol. The maximum atomic E-state index is 11.8. The minimum atomic E-state index is -0.549. The number of hydrogen-bond acceptors (Lipinski definition) is 6. The molecule has 1 aromatic heterocycles. The summed E-state index contributed by atoms with van der Waals surface area (Å²) in [6.45, 7) is 0.895. The van der Waals surface area contributed by atoms with Gasteiger partial charge in [0.15, 0.2) is 11.5 Å². The second kappa shape index (κ2) is 7.36. The molecule has 0 atom stereocenters. The van der Waals surface area contributed by atoms with Crippen LogP contribution in [0.25, 0.3) is 16.9 Å². The molecule has 2 aromatic carbocycles. The highest BCUT2D eigenvalue weighted by atomic mass is 16.6. The van der Waals surface area contributed by atoms with Crippen LogP contribution in [0.3, 0.4) is 0 Å². The number of hydrogen-bond donors (Lipinski definition) is 1. The van der Waals surface area contributed by atoms with Gasteiger partial charge in [0.2, 0.25) is 5.91 Å². The van der Waals surface area contributed by atoms with E-state index in [-0.39, 0.29) is 12.5 Å².